The van der Waals surface area contributed by atoms with Gasteiger partial charge in [-0.25, -0.2) is 4.98 Å². The van der Waals surface area contributed by atoms with Crippen molar-refractivity contribution < 1.29 is 0 Å². The molecule has 1 aliphatic rings. The molecule has 1 aromatic heterocycles. The molecule has 1 atom stereocenters. The van der Waals surface area contributed by atoms with Crippen molar-refractivity contribution in [2.75, 3.05) is 23.4 Å². The quantitative estimate of drug-likeness (QED) is 0.922. The predicted octanol–water partition coefficient (Wildman–Crippen LogP) is 3.40. The van der Waals surface area contributed by atoms with E-state index in [1.54, 1.807) is 0 Å². The van der Waals surface area contributed by atoms with E-state index in [-0.39, 0.29) is 0 Å². The van der Waals surface area contributed by atoms with Crippen LogP contribution in [0.3, 0.4) is 0 Å². The Bertz CT molecular complexity index is 313. The van der Waals surface area contributed by atoms with E-state index in [0.29, 0.717) is 0 Å². The van der Waals surface area contributed by atoms with Gasteiger partial charge in [-0.15, -0.1) is 0 Å². The molecule has 82 valence electrons. The van der Waals surface area contributed by atoms with Crippen LogP contribution in [-0.4, -0.2) is 23.0 Å². The zero-order valence-corrected chi connectivity index (χ0v) is 11.0. The molecule has 1 unspecified atom stereocenters. The SMILES string of the molecule is Brc1cccnc1NCC1CCCSC1. The van der Waals surface area contributed by atoms with Crippen LogP contribution in [-0.2, 0) is 0 Å². The fraction of sp³-hybridized carbons (Fsp3) is 0.545. The Kier molecular flexibility index (Phi) is 4.32. The summed E-state index contributed by atoms with van der Waals surface area (Å²) in [6.07, 6.45) is 4.54. The van der Waals surface area contributed by atoms with Crippen LogP contribution in [0, 0.1) is 5.92 Å². The molecule has 0 saturated carbocycles. The Morgan fingerprint density at radius 3 is 3.27 bits per heavy atom. The van der Waals surface area contributed by atoms with Gasteiger partial charge in [-0.05, 0) is 58.3 Å². The van der Waals surface area contributed by atoms with Crippen molar-refractivity contribution in [3.05, 3.63) is 22.8 Å². The van der Waals surface area contributed by atoms with Crippen molar-refractivity contribution in [1.82, 2.24) is 4.98 Å². The smallest absolute Gasteiger partial charge is 0.140 e. The molecule has 15 heavy (non-hydrogen) atoms. The zero-order chi connectivity index (χ0) is 10.5. The maximum Gasteiger partial charge on any atom is 0.140 e. The molecule has 1 saturated heterocycles. The summed E-state index contributed by atoms with van der Waals surface area (Å²) < 4.78 is 1.05. The van der Waals surface area contributed by atoms with Gasteiger partial charge in [0.25, 0.3) is 0 Å². The summed E-state index contributed by atoms with van der Waals surface area (Å²) in [6.45, 7) is 1.04. The summed E-state index contributed by atoms with van der Waals surface area (Å²) in [4.78, 5) is 4.30. The summed E-state index contributed by atoms with van der Waals surface area (Å²) in [5.41, 5.74) is 0. The van der Waals surface area contributed by atoms with Crippen molar-refractivity contribution in [2.24, 2.45) is 5.92 Å². The van der Waals surface area contributed by atoms with Gasteiger partial charge in [-0.2, -0.15) is 11.8 Å². The third-order valence-electron chi connectivity index (χ3n) is 2.57. The fourth-order valence-electron chi connectivity index (χ4n) is 1.73. The number of halogens is 1. The molecule has 2 rings (SSSR count). The number of aromatic nitrogens is 1. The first-order valence-electron chi connectivity index (χ1n) is 5.28. The molecule has 1 aliphatic heterocycles. The molecule has 0 aliphatic carbocycles. The first-order chi connectivity index (χ1) is 7.36. The number of rotatable bonds is 3. The van der Waals surface area contributed by atoms with E-state index in [1.165, 1.54) is 24.3 Å². The molecule has 0 aromatic carbocycles. The maximum absolute atomic E-state index is 4.30. The van der Waals surface area contributed by atoms with Crippen LogP contribution in [0.4, 0.5) is 5.82 Å². The van der Waals surface area contributed by atoms with Crippen LogP contribution >= 0.6 is 27.7 Å². The Balaban J connectivity index is 1.84. The van der Waals surface area contributed by atoms with Gasteiger partial charge >= 0.3 is 0 Å². The van der Waals surface area contributed by atoms with Crippen molar-refractivity contribution >= 4 is 33.5 Å². The van der Waals surface area contributed by atoms with Crippen LogP contribution in [0.2, 0.25) is 0 Å². The lowest BCUT2D eigenvalue weighted by atomic mass is 10.1. The van der Waals surface area contributed by atoms with Gasteiger partial charge in [0.2, 0.25) is 0 Å². The van der Waals surface area contributed by atoms with Crippen LogP contribution in [0.1, 0.15) is 12.8 Å². The van der Waals surface area contributed by atoms with Crippen molar-refractivity contribution in [2.45, 2.75) is 12.8 Å². The average molecular weight is 287 g/mol. The number of anilines is 1. The topological polar surface area (TPSA) is 24.9 Å². The van der Waals surface area contributed by atoms with E-state index < -0.39 is 0 Å². The number of hydrogen-bond donors (Lipinski definition) is 1. The second kappa shape index (κ2) is 5.75. The van der Waals surface area contributed by atoms with Crippen molar-refractivity contribution in [1.29, 1.82) is 0 Å². The molecular formula is C11H15BrN2S. The van der Waals surface area contributed by atoms with E-state index in [4.69, 9.17) is 0 Å². The molecule has 0 amide bonds. The van der Waals surface area contributed by atoms with Crippen molar-refractivity contribution in [3.8, 4) is 0 Å². The number of nitrogens with zero attached hydrogens (tertiary/aromatic N) is 1. The van der Waals surface area contributed by atoms with E-state index in [9.17, 15) is 0 Å². The largest absolute Gasteiger partial charge is 0.369 e. The molecule has 1 fully saturated rings. The van der Waals surface area contributed by atoms with Crippen LogP contribution in [0.5, 0.6) is 0 Å². The lowest BCUT2D eigenvalue weighted by molar-refractivity contribution is 0.548. The normalized spacial score (nSPS) is 21.3. The molecule has 0 bridgehead atoms. The lowest BCUT2D eigenvalue weighted by Crippen LogP contribution is -2.20. The minimum absolute atomic E-state index is 0.803. The predicted molar refractivity (Wildman–Crippen MR) is 70.5 cm³/mol. The van der Waals surface area contributed by atoms with Gasteiger partial charge in [0.05, 0.1) is 4.47 Å². The van der Waals surface area contributed by atoms with Crippen LogP contribution in [0.25, 0.3) is 0 Å². The van der Waals surface area contributed by atoms with E-state index in [1.807, 2.05) is 18.3 Å². The van der Waals surface area contributed by atoms with Crippen molar-refractivity contribution in [3.63, 3.8) is 0 Å². The molecule has 2 heterocycles. The number of nitrogens with one attached hydrogen (secondary N) is 1. The van der Waals surface area contributed by atoms with Gasteiger partial charge in [-0.1, -0.05) is 0 Å². The van der Waals surface area contributed by atoms with E-state index >= 15 is 0 Å². The average Bonchev–Trinajstić information content (AvgIpc) is 2.29. The first-order valence-corrected chi connectivity index (χ1v) is 7.23. The van der Waals surface area contributed by atoms with Gasteiger partial charge in [0, 0.05) is 12.7 Å². The Hall–Kier alpha value is -0.220. The fourth-order valence-corrected chi connectivity index (χ4v) is 3.28. The number of hydrogen-bond acceptors (Lipinski definition) is 3. The first kappa shape index (κ1) is 11.3. The standard InChI is InChI=1S/C11H15BrN2S/c12-10-4-1-5-13-11(10)14-7-9-3-2-6-15-8-9/h1,4-5,9H,2-3,6-8H2,(H,13,14). The number of pyridine rings is 1. The third kappa shape index (κ3) is 3.38. The zero-order valence-electron chi connectivity index (χ0n) is 8.58. The van der Waals surface area contributed by atoms with Crippen LogP contribution in [0.15, 0.2) is 22.8 Å². The second-order valence-electron chi connectivity index (χ2n) is 3.80. The highest BCUT2D eigenvalue weighted by Gasteiger charge is 2.13. The molecule has 0 spiro atoms. The highest BCUT2D eigenvalue weighted by Crippen LogP contribution is 2.24. The molecular weight excluding hydrogens is 272 g/mol. The summed E-state index contributed by atoms with van der Waals surface area (Å²) in [5.74, 6) is 4.40. The van der Waals surface area contributed by atoms with E-state index in [2.05, 4.69) is 38.0 Å². The third-order valence-corrected chi connectivity index (χ3v) is 4.50. The maximum atomic E-state index is 4.30. The molecule has 0 radical (unpaired) electrons. The minimum Gasteiger partial charge on any atom is -0.369 e. The highest BCUT2D eigenvalue weighted by atomic mass is 79.9. The Labute approximate surface area is 103 Å². The number of thioether (sulfide) groups is 1. The molecule has 4 heteroatoms. The second-order valence-corrected chi connectivity index (χ2v) is 5.80. The molecule has 2 nitrogen and oxygen atoms in total. The monoisotopic (exact) mass is 286 g/mol. The Morgan fingerprint density at radius 2 is 2.53 bits per heavy atom. The van der Waals surface area contributed by atoms with Gasteiger partial charge < -0.3 is 5.32 Å². The minimum atomic E-state index is 0.803. The molecule has 1 N–H and O–H groups in total. The summed E-state index contributed by atoms with van der Waals surface area (Å²) >= 11 is 5.56. The lowest BCUT2D eigenvalue weighted by Gasteiger charge is -2.21. The van der Waals surface area contributed by atoms with E-state index in [0.717, 1.165) is 22.8 Å². The van der Waals surface area contributed by atoms with Gasteiger partial charge in [0.15, 0.2) is 0 Å². The molecule has 1 aromatic rings. The van der Waals surface area contributed by atoms with Gasteiger partial charge in [0.1, 0.15) is 5.82 Å². The van der Waals surface area contributed by atoms with Gasteiger partial charge in [-0.3, -0.25) is 0 Å². The van der Waals surface area contributed by atoms with Crippen LogP contribution < -0.4 is 5.32 Å². The Morgan fingerprint density at radius 1 is 1.60 bits per heavy atom. The summed E-state index contributed by atoms with van der Waals surface area (Å²) in [7, 11) is 0. The highest BCUT2D eigenvalue weighted by molar-refractivity contribution is 9.10. The summed E-state index contributed by atoms with van der Waals surface area (Å²) in [6, 6.07) is 3.96. The summed E-state index contributed by atoms with van der Waals surface area (Å²) in [5, 5.41) is 3.41.